The number of pyridine rings is 1. The Morgan fingerprint density at radius 2 is 2.21 bits per heavy atom. The van der Waals surface area contributed by atoms with Crippen LogP contribution in [-0.4, -0.2) is 49.3 Å². The highest BCUT2D eigenvalue weighted by Gasteiger charge is 2.28. The summed E-state index contributed by atoms with van der Waals surface area (Å²) in [5.41, 5.74) is 0.553. The molecule has 1 fully saturated rings. The van der Waals surface area contributed by atoms with Gasteiger partial charge in [0.05, 0.1) is 24.0 Å². The van der Waals surface area contributed by atoms with Crippen molar-refractivity contribution in [2.45, 2.75) is 38.3 Å². The molecule has 4 heterocycles. The number of nitrogens with one attached hydrogen (secondary N) is 1. The lowest BCUT2D eigenvalue weighted by atomic mass is 10.1. The van der Waals surface area contributed by atoms with Crippen LogP contribution >= 0.6 is 0 Å². The summed E-state index contributed by atoms with van der Waals surface area (Å²) in [5.74, 6) is -0.0142. The van der Waals surface area contributed by atoms with Crippen molar-refractivity contribution in [2.75, 3.05) is 18.0 Å². The van der Waals surface area contributed by atoms with Crippen molar-refractivity contribution in [1.82, 2.24) is 24.9 Å². The van der Waals surface area contributed by atoms with Gasteiger partial charge in [-0.2, -0.15) is 5.10 Å². The first-order chi connectivity index (χ1) is 13.8. The Hall–Kier alpha value is -3.07. The smallest absolute Gasteiger partial charge is 0.256 e. The van der Waals surface area contributed by atoms with Crippen LogP contribution in [-0.2, 0) is 0 Å². The van der Waals surface area contributed by atoms with Crippen molar-refractivity contribution in [3.63, 3.8) is 0 Å². The van der Waals surface area contributed by atoms with Crippen molar-refractivity contribution in [3.05, 3.63) is 53.9 Å². The van der Waals surface area contributed by atoms with E-state index in [1.54, 1.807) is 26.2 Å². The summed E-state index contributed by atoms with van der Waals surface area (Å²) in [6.45, 7) is 4.13. The van der Waals surface area contributed by atoms with Crippen LogP contribution < -0.4 is 10.2 Å². The number of aromatic nitrogens is 4. The number of halogens is 1. The Morgan fingerprint density at radius 3 is 2.97 bits per heavy atom. The van der Waals surface area contributed by atoms with Gasteiger partial charge < -0.3 is 15.3 Å². The molecule has 1 saturated heterocycles. The zero-order chi connectivity index (χ0) is 20.6. The summed E-state index contributed by atoms with van der Waals surface area (Å²) in [6.07, 6.45) is 7.91. The molecule has 0 bridgehead atoms. The summed E-state index contributed by atoms with van der Waals surface area (Å²) < 4.78 is 15.2. The number of carbonyl (C=O) groups excluding carboxylic acids is 1. The second-order valence-electron chi connectivity index (χ2n) is 7.90. The van der Waals surface area contributed by atoms with Crippen LogP contribution in [0.3, 0.4) is 0 Å². The van der Waals surface area contributed by atoms with E-state index in [0.717, 1.165) is 24.9 Å². The molecule has 0 spiro atoms. The molecule has 4 rings (SSSR count). The number of hydrogen-bond acceptors (Lipinski definition) is 6. The molecule has 1 aliphatic rings. The van der Waals surface area contributed by atoms with E-state index in [1.165, 1.54) is 23.0 Å². The molecule has 1 atom stereocenters. The molecular weight excluding hydrogens is 375 g/mol. The van der Waals surface area contributed by atoms with Crippen LogP contribution in [0, 0.1) is 5.82 Å². The second kappa shape index (κ2) is 7.40. The highest BCUT2D eigenvalue weighted by atomic mass is 19.1. The number of carbonyl (C=O) groups is 1. The summed E-state index contributed by atoms with van der Waals surface area (Å²) in [4.78, 5) is 23.3. The lowest BCUT2D eigenvalue weighted by Crippen LogP contribution is -2.38. The van der Waals surface area contributed by atoms with E-state index in [4.69, 9.17) is 0 Å². The van der Waals surface area contributed by atoms with Crippen LogP contribution in [0.1, 0.15) is 48.7 Å². The summed E-state index contributed by atoms with van der Waals surface area (Å²) in [5, 5.41) is 16.7. The van der Waals surface area contributed by atoms with Crippen molar-refractivity contribution < 1.29 is 14.3 Å². The average Bonchev–Trinajstić information content (AvgIpc) is 3.32. The number of aliphatic hydroxyl groups is 1. The van der Waals surface area contributed by atoms with Gasteiger partial charge in [0.25, 0.3) is 5.91 Å². The fourth-order valence-corrected chi connectivity index (χ4v) is 3.57. The quantitative estimate of drug-likeness (QED) is 0.683. The lowest BCUT2D eigenvalue weighted by molar-refractivity contribution is 0.0695. The van der Waals surface area contributed by atoms with Crippen molar-refractivity contribution in [3.8, 4) is 0 Å². The normalized spacial score (nSPS) is 17.1. The molecule has 9 heteroatoms. The third kappa shape index (κ3) is 4.04. The molecule has 152 valence electrons. The Kier molecular flexibility index (Phi) is 4.91. The van der Waals surface area contributed by atoms with Gasteiger partial charge in [-0.15, -0.1) is 0 Å². The molecular formula is C20H23FN6O2. The van der Waals surface area contributed by atoms with Crippen LogP contribution in [0.15, 0.2) is 36.9 Å². The Labute approximate surface area is 167 Å². The van der Waals surface area contributed by atoms with Gasteiger partial charge in [0.15, 0.2) is 5.65 Å². The van der Waals surface area contributed by atoms with Gasteiger partial charge in [0.1, 0.15) is 17.2 Å². The molecule has 0 aromatic carbocycles. The number of amides is 1. The van der Waals surface area contributed by atoms with Gasteiger partial charge in [-0.25, -0.2) is 13.9 Å². The van der Waals surface area contributed by atoms with Crippen molar-refractivity contribution in [1.29, 1.82) is 0 Å². The SMILES string of the molecule is CC(C)(O)CNC(=O)c1cnn2ccc(N3CCC[C@H]3c3cncc(F)c3)nc12. The van der Waals surface area contributed by atoms with Gasteiger partial charge in [-0.05, 0) is 44.4 Å². The van der Waals surface area contributed by atoms with E-state index < -0.39 is 5.60 Å². The fourth-order valence-electron chi connectivity index (χ4n) is 3.57. The van der Waals surface area contributed by atoms with Gasteiger partial charge in [-0.1, -0.05) is 0 Å². The molecule has 29 heavy (non-hydrogen) atoms. The summed E-state index contributed by atoms with van der Waals surface area (Å²) in [6, 6.07) is 3.32. The number of hydrogen-bond donors (Lipinski definition) is 2. The predicted octanol–water partition coefficient (Wildman–Crippen LogP) is 2.11. The molecule has 1 amide bonds. The van der Waals surface area contributed by atoms with Gasteiger partial charge in [-0.3, -0.25) is 9.78 Å². The molecule has 0 radical (unpaired) electrons. The number of nitrogens with zero attached hydrogens (tertiary/aromatic N) is 5. The van der Waals surface area contributed by atoms with Crippen LogP contribution in [0.4, 0.5) is 10.2 Å². The van der Waals surface area contributed by atoms with E-state index in [0.29, 0.717) is 17.0 Å². The maximum Gasteiger partial charge on any atom is 0.256 e. The van der Waals surface area contributed by atoms with E-state index in [1.807, 2.05) is 6.07 Å². The molecule has 0 unspecified atom stereocenters. The van der Waals surface area contributed by atoms with Crippen LogP contribution in [0.5, 0.6) is 0 Å². The predicted molar refractivity (Wildman–Crippen MR) is 105 cm³/mol. The monoisotopic (exact) mass is 398 g/mol. The maximum absolute atomic E-state index is 13.6. The molecule has 0 saturated carbocycles. The first-order valence-electron chi connectivity index (χ1n) is 9.54. The van der Waals surface area contributed by atoms with Gasteiger partial charge in [0, 0.05) is 25.5 Å². The molecule has 0 aliphatic carbocycles. The number of anilines is 1. The standard InChI is InChI=1S/C20H23FN6O2/c1-20(2,29)12-23-19(28)15-11-24-27-7-5-17(25-18(15)27)26-6-3-4-16(26)13-8-14(21)10-22-9-13/h5,7-11,16,29H,3-4,6,12H2,1-2H3,(H,23,28)/t16-/m0/s1. The van der Waals surface area contributed by atoms with E-state index in [9.17, 15) is 14.3 Å². The first-order valence-corrected chi connectivity index (χ1v) is 9.54. The second-order valence-corrected chi connectivity index (χ2v) is 7.90. The number of fused-ring (bicyclic) bond motifs is 1. The van der Waals surface area contributed by atoms with Crippen molar-refractivity contribution >= 4 is 17.4 Å². The largest absolute Gasteiger partial charge is 0.389 e. The highest BCUT2D eigenvalue weighted by Crippen LogP contribution is 2.35. The Balaban J connectivity index is 1.64. The Bertz CT molecular complexity index is 1040. The van der Waals surface area contributed by atoms with E-state index >= 15 is 0 Å². The van der Waals surface area contributed by atoms with Crippen molar-refractivity contribution in [2.24, 2.45) is 0 Å². The van der Waals surface area contributed by atoms with E-state index in [2.05, 4.69) is 25.3 Å². The minimum absolute atomic E-state index is 0.0245. The zero-order valence-corrected chi connectivity index (χ0v) is 16.3. The van der Waals surface area contributed by atoms with Gasteiger partial charge in [0.2, 0.25) is 0 Å². The van der Waals surface area contributed by atoms with Crippen LogP contribution in [0.2, 0.25) is 0 Å². The molecule has 2 N–H and O–H groups in total. The number of rotatable bonds is 5. The fraction of sp³-hybridized carbons (Fsp3) is 0.400. The summed E-state index contributed by atoms with van der Waals surface area (Å²) in [7, 11) is 0. The lowest BCUT2D eigenvalue weighted by Gasteiger charge is -2.26. The third-order valence-electron chi connectivity index (χ3n) is 4.94. The third-order valence-corrected chi connectivity index (χ3v) is 4.94. The minimum Gasteiger partial charge on any atom is -0.389 e. The zero-order valence-electron chi connectivity index (χ0n) is 16.3. The molecule has 1 aliphatic heterocycles. The molecule has 8 nitrogen and oxygen atoms in total. The molecule has 3 aromatic heterocycles. The van der Waals surface area contributed by atoms with E-state index in [-0.39, 0.29) is 24.3 Å². The van der Waals surface area contributed by atoms with Crippen LogP contribution in [0.25, 0.3) is 5.65 Å². The average molecular weight is 398 g/mol. The molecule has 3 aromatic rings. The highest BCUT2D eigenvalue weighted by molar-refractivity contribution is 5.99. The summed E-state index contributed by atoms with van der Waals surface area (Å²) >= 11 is 0. The Morgan fingerprint density at radius 1 is 1.38 bits per heavy atom. The topological polar surface area (TPSA) is 95.6 Å². The maximum atomic E-state index is 13.6. The first kappa shape index (κ1) is 19.3. The minimum atomic E-state index is -1.01. The van der Waals surface area contributed by atoms with Gasteiger partial charge >= 0.3 is 0 Å².